The molecule has 26 nitrogen and oxygen atoms in total. The van der Waals surface area contributed by atoms with Gasteiger partial charge in [0, 0.05) is 75.9 Å². The van der Waals surface area contributed by atoms with Crippen molar-refractivity contribution in [3.05, 3.63) is 120 Å². The Hall–Kier alpha value is -8.37. The van der Waals surface area contributed by atoms with Crippen LogP contribution in [0.1, 0.15) is 69.6 Å². The van der Waals surface area contributed by atoms with Crippen molar-refractivity contribution in [2.45, 2.75) is 33.4 Å². The zero-order chi connectivity index (χ0) is 55.7. The van der Waals surface area contributed by atoms with Gasteiger partial charge in [-0.2, -0.15) is 21.5 Å². The van der Waals surface area contributed by atoms with Crippen molar-refractivity contribution in [2.75, 3.05) is 86.6 Å². The number of amides is 4. The molecule has 8 aromatic rings. The third kappa shape index (κ3) is 13.3. The Morgan fingerprint density at radius 3 is 1.35 bits per heavy atom. The third-order valence-electron chi connectivity index (χ3n) is 12.7. The number of nitrogens with zero attached hydrogens (tertiary/aromatic N) is 12. The van der Waals surface area contributed by atoms with Crippen LogP contribution in [0.4, 0.5) is 0 Å². The second kappa shape index (κ2) is 28.2. The van der Waals surface area contributed by atoms with E-state index in [-0.39, 0.29) is 122 Å². The van der Waals surface area contributed by atoms with Crippen molar-refractivity contribution >= 4 is 66.8 Å². The van der Waals surface area contributed by atoms with Crippen molar-refractivity contribution < 1.29 is 86.1 Å². The fourth-order valence-electron chi connectivity index (χ4n) is 8.79. The Morgan fingerprint density at radius 1 is 0.568 bits per heavy atom. The van der Waals surface area contributed by atoms with E-state index in [1.165, 1.54) is 77.9 Å². The summed E-state index contributed by atoms with van der Waals surface area (Å²) in [4.78, 5) is 107. The number of ketones is 2. The molecule has 2 N–H and O–H groups in total. The minimum atomic E-state index is -3.66. The number of aromatic nitrogens is 10. The number of piperazine rings is 2. The molecule has 422 valence electrons. The molecule has 2 fully saturated rings. The normalized spacial score (nSPS) is 13.0. The van der Waals surface area contributed by atoms with Gasteiger partial charge in [-0.05, 0) is 30.7 Å². The van der Waals surface area contributed by atoms with Crippen LogP contribution in [0.3, 0.4) is 0 Å². The van der Waals surface area contributed by atoms with Crippen LogP contribution in [-0.4, -0.2) is 199 Å². The van der Waals surface area contributed by atoms with E-state index >= 15 is 0 Å². The van der Waals surface area contributed by atoms with E-state index < -0.39 is 33.2 Å². The number of methoxy groups -OCH3 is 3. The van der Waals surface area contributed by atoms with Crippen molar-refractivity contribution in [1.82, 2.24) is 69.1 Å². The molecule has 0 unspecified atom stereocenters. The Kier molecular flexibility index (Phi) is 22.1. The molecule has 10 rings (SSSR count). The van der Waals surface area contributed by atoms with Gasteiger partial charge in [0.2, 0.25) is 9.84 Å². The van der Waals surface area contributed by atoms with E-state index in [0.29, 0.717) is 77.1 Å². The predicted octanol–water partition coefficient (Wildman–Crippen LogP) is 0.0840. The van der Waals surface area contributed by atoms with Crippen molar-refractivity contribution in [2.24, 2.45) is 0 Å². The second-order valence-electron chi connectivity index (χ2n) is 17.2. The predicted molar refractivity (Wildman–Crippen MR) is 290 cm³/mol. The van der Waals surface area contributed by atoms with Gasteiger partial charge in [0.1, 0.15) is 24.2 Å². The zero-order valence-corrected chi connectivity index (χ0v) is 46.8. The Balaban J connectivity index is 0.000000280. The number of benzene rings is 2. The van der Waals surface area contributed by atoms with Crippen LogP contribution in [0.15, 0.2) is 103 Å². The first-order valence-electron chi connectivity index (χ1n) is 24.2. The second-order valence-corrected chi connectivity index (χ2v) is 19.2. The molecular weight excluding hydrogens is 1080 g/mol. The summed E-state index contributed by atoms with van der Waals surface area (Å²) in [6, 6.07) is 18.0. The van der Waals surface area contributed by atoms with Gasteiger partial charge in [0.25, 0.3) is 40.4 Å². The van der Waals surface area contributed by atoms with Gasteiger partial charge >= 0.3 is 35.6 Å². The maximum atomic E-state index is 13.4. The van der Waals surface area contributed by atoms with Gasteiger partial charge in [-0.1, -0.05) is 58.2 Å². The van der Waals surface area contributed by atoms with E-state index in [0.717, 1.165) is 7.11 Å². The Bertz CT molecular complexity index is 3610. The molecule has 0 radical (unpaired) electrons. The minimum absolute atomic E-state index is 0. The van der Waals surface area contributed by atoms with Gasteiger partial charge in [-0.3, -0.25) is 28.8 Å². The Morgan fingerprint density at radius 2 is 0.963 bits per heavy atom. The van der Waals surface area contributed by atoms with Crippen LogP contribution in [0.2, 0.25) is 0 Å². The summed E-state index contributed by atoms with van der Waals surface area (Å²) in [6.45, 7) is 3.96. The van der Waals surface area contributed by atoms with Gasteiger partial charge in [0.15, 0.2) is 11.6 Å². The number of ether oxygens (including phenoxy) is 3. The first kappa shape index (κ1) is 63.5. The largest absolute Gasteiger partial charge is 1.00 e. The number of H-pyrrole nitrogens is 2. The van der Waals surface area contributed by atoms with Gasteiger partial charge in [-0.15, -0.1) is 10.2 Å². The van der Waals surface area contributed by atoms with E-state index in [2.05, 4.69) is 40.1 Å². The van der Waals surface area contributed by atoms with Crippen LogP contribution in [0.5, 0.6) is 17.5 Å². The number of rotatable bonds is 14. The molecule has 2 aliphatic heterocycles. The average molecular weight is 1140 g/mol. The first-order valence-corrected chi connectivity index (χ1v) is 25.9. The molecule has 4 amide bonds. The summed E-state index contributed by atoms with van der Waals surface area (Å²) < 4.78 is 43.3. The van der Waals surface area contributed by atoms with Gasteiger partial charge in [-0.25, -0.2) is 23.4 Å². The summed E-state index contributed by atoms with van der Waals surface area (Å²) in [6.07, 6.45) is 8.73. The number of carbonyl (C=O) groups is 6. The molecule has 2 aliphatic rings. The van der Waals surface area contributed by atoms with E-state index in [9.17, 15) is 37.2 Å². The number of aromatic amines is 2. The zero-order valence-electron chi connectivity index (χ0n) is 44.0. The van der Waals surface area contributed by atoms with Gasteiger partial charge < -0.3 is 48.9 Å². The number of pyridine rings is 2. The monoisotopic (exact) mass is 1140 g/mol. The number of nitrogens with one attached hydrogen (secondary N) is 2. The number of sulfone groups is 1. The van der Waals surface area contributed by atoms with Crippen LogP contribution >= 0.6 is 0 Å². The van der Waals surface area contributed by atoms with Crippen molar-refractivity contribution in [3.63, 3.8) is 0 Å². The maximum Gasteiger partial charge on any atom is 1.00 e. The van der Waals surface area contributed by atoms with Crippen LogP contribution in [0, 0.1) is 0 Å². The quantitative estimate of drug-likeness (QED) is 0.0828. The Labute approximate surface area is 488 Å². The minimum Gasteiger partial charge on any atom is -0.857 e. The topological polar surface area (TPSA) is 319 Å². The fraction of sp³-hybridized carbons (Fsp3) is 0.321. The summed E-state index contributed by atoms with van der Waals surface area (Å²) in [7, 11) is 1.41. The third-order valence-corrected chi connectivity index (χ3v) is 14.4. The molecule has 0 bridgehead atoms. The fourth-order valence-corrected chi connectivity index (χ4v) is 9.93. The van der Waals surface area contributed by atoms with E-state index in [1.54, 1.807) is 65.3 Å². The summed E-state index contributed by atoms with van der Waals surface area (Å²) >= 11 is 0. The summed E-state index contributed by atoms with van der Waals surface area (Å²) in [5.41, 5.74) is 2.16. The van der Waals surface area contributed by atoms with Crippen molar-refractivity contribution in [1.29, 1.82) is 0 Å². The number of fused-ring (bicyclic) bond motifs is 2. The van der Waals surface area contributed by atoms with Crippen molar-refractivity contribution in [3.8, 4) is 29.1 Å². The molecule has 0 spiro atoms. The van der Waals surface area contributed by atoms with E-state index in [1.807, 2.05) is 12.1 Å². The SMILES string of the molecule is C.C.CCCS(=O)(=O)c1ncn(-c2ncc(OC)c3c(C(=O)C(=O)N4CCN(C(=O)c5ccccc5)CC4)c[nH]c23)n1.COc1ncn(-c2ncc(OC)c3c(C(=O)C(=O)N4CCN(C(=O)c5ccccc5)CC4)c[nH]c23)n1.C[O-].[Na+]. The average Bonchev–Trinajstić information content (AvgIpc) is 4.43. The molecule has 0 atom stereocenters. The molecule has 6 aromatic heterocycles. The summed E-state index contributed by atoms with van der Waals surface area (Å²) in [5, 5.41) is 16.9. The molecule has 0 aliphatic carbocycles. The number of hydrogen-bond donors (Lipinski definition) is 2. The van der Waals surface area contributed by atoms with Crippen LogP contribution < -0.4 is 48.9 Å². The van der Waals surface area contributed by atoms with Crippen LogP contribution in [0.25, 0.3) is 33.4 Å². The van der Waals surface area contributed by atoms with Crippen LogP contribution in [-0.2, 0) is 19.4 Å². The molecule has 81 heavy (non-hydrogen) atoms. The first-order chi connectivity index (χ1) is 37.8. The smallest absolute Gasteiger partial charge is 0.857 e. The number of carbonyl (C=O) groups excluding carboxylic acids is 6. The molecule has 2 saturated heterocycles. The maximum absolute atomic E-state index is 13.4. The number of hydrogen-bond acceptors (Lipinski definition) is 18. The molecule has 2 aromatic carbocycles. The van der Waals surface area contributed by atoms with E-state index in [4.69, 9.17) is 19.3 Å². The molecule has 28 heteroatoms. The summed E-state index contributed by atoms with van der Waals surface area (Å²) in [5.74, 6) is -2.00. The molecular formula is C53H61N14NaO12S. The van der Waals surface area contributed by atoms with Gasteiger partial charge in [0.05, 0.1) is 72.4 Å². The molecule has 0 saturated carbocycles. The molecule has 8 heterocycles. The standard InChI is InChI=1S/C26H27N7O6S.C24H23N7O5.CH3O.2CH4.Na/c1-3-13-40(37,38)26-29-16-33(30-26)23-21-20(19(39-2)15-28-23)18(14-27-21)22(34)25(36)32-11-9-31(10-12-32)24(35)17-7-5-4-6-8-17;1-35-17-13-26-21(31-14-27-24(28-31)36-2)19-18(17)16(12-25-19)20(32)23(34)30-10-8-29(9-11-30)22(33)15-6-4-3-5-7-15;1-2;;;/h4-8,14-16,27H,3,9-13H2,1-2H3;3-7,12-14,25H,8-11H2,1-2H3;1H3;2*1H4;/q;;-1;;;+1. The number of Topliss-reactive ketones (excluding diaryl/α,β-unsaturated/α-hetero) is 2.